The molecule has 0 aliphatic carbocycles. The van der Waals surface area contributed by atoms with Gasteiger partial charge in [0.2, 0.25) is 0 Å². The van der Waals surface area contributed by atoms with Crippen LogP contribution in [0.15, 0.2) is 17.5 Å². The number of aliphatic hydroxyl groups excluding tert-OH is 2. The van der Waals surface area contributed by atoms with Crippen LogP contribution in [0.1, 0.15) is 5.69 Å². The lowest BCUT2D eigenvalue weighted by molar-refractivity contribution is -0.161. The summed E-state index contributed by atoms with van der Waals surface area (Å²) in [6.07, 6.45) is -6.46. The van der Waals surface area contributed by atoms with Crippen LogP contribution in [0.2, 0.25) is 0 Å². The van der Waals surface area contributed by atoms with Crippen LogP contribution in [-0.2, 0) is 25.1 Å². The Bertz CT molecular complexity index is 739. The number of anilines is 1. The van der Waals surface area contributed by atoms with E-state index in [1.54, 1.807) is 0 Å². The molecule has 32 heavy (non-hydrogen) atoms. The second kappa shape index (κ2) is 13.3. The Labute approximate surface area is 181 Å². The van der Waals surface area contributed by atoms with E-state index < -0.39 is 36.2 Å². The van der Waals surface area contributed by atoms with Crippen molar-refractivity contribution in [1.29, 1.82) is 0 Å². The summed E-state index contributed by atoms with van der Waals surface area (Å²) < 4.78 is 59.5. The first-order chi connectivity index (χ1) is 15.3. The summed E-state index contributed by atoms with van der Waals surface area (Å²) in [6.45, 7) is 1.59. The highest BCUT2D eigenvalue weighted by Crippen LogP contribution is 2.28. The zero-order chi connectivity index (χ0) is 23.4. The molecule has 3 N–H and O–H groups in total. The maximum atomic E-state index is 12.7. The first-order valence-electron chi connectivity index (χ1n) is 9.70. The lowest BCUT2D eigenvalue weighted by atomic mass is 9.98. The van der Waals surface area contributed by atoms with Gasteiger partial charge in [0.15, 0.2) is 5.69 Å². The van der Waals surface area contributed by atoms with Crippen molar-refractivity contribution in [3.05, 3.63) is 28.5 Å². The summed E-state index contributed by atoms with van der Waals surface area (Å²) in [4.78, 5) is 9.49. The van der Waals surface area contributed by atoms with Crippen LogP contribution in [0.3, 0.4) is 0 Å². The monoisotopic (exact) mass is 466 g/mol. The maximum absolute atomic E-state index is 12.7. The number of nitrogens with zero attached hydrogens (tertiary/aromatic N) is 5. The Morgan fingerprint density at radius 3 is 2.50 bits per heavy atom. The van der Waals surface area contributed by atoms with E-state index in [1.807, 2.05) is 0 Å². The minimum atomic E-state index is -4.65. The average Bonchev–Trinajstić information content (AvgIpc) is 2.76. The zero-order valence-corrected chi connectivity index (χ0v) is 17.0. The maximum Gasteiger partial charge on any atom is 0.434 e. The predicted octanol–water partition coefficient (Wildman–Crippen LogP) is 0.757. The molecule has 0 bridgehead atoms. The van der Waals surface area contributed by atoms with E-state index in [2.05, 4.69) is 25.3 Å². The molecule has 0 amide bonds. The summed E-state index contributed by atoms with van der Waals surface area (Å²) in [6, 6.07) is -0.888. The van der Waals surface area contributed by atoms with Gasteiger partial charge in [-0.3, -0.25) is 4.98 Å². The van der Waals surface area contributed by atoms with Gasteiger partial charge >= 0.3 is 6.18 Å². The molecule has 1 fully saturated rings. The third-order valence-electron chi connectivity index (χ3n) is 4.32. The van der Waals surface area contributed by atoms with Gasteiger partial charge in [-0.25, -0.2) is 4.98 Å². The molecule has 1 saturated heterocycles. The molecule has 1 aliphatic heterocycles. The number of aliphatic hydroxyl groups is 2. The van der Waals surface area contributed by atoms with Crippen LogP contribution in [0.5, 0.6) is 0 Å². The highest BCUT2D eigenvalue weighted by Gasteiger charge is 2.39. The SMILES string of the molecule is [N-]=[N+]=NCCOCCOCCOC[C@H]1OC[C@H](Nc2cncc(C(F)(F)F)n2)[C@@H](O)[C@H]1O. The lowest BCUT2D eigenvalue weighted by Crippen LogP contribution is -2.57. The molecule has 0 spiro atoms. The minimum absolute atomic E-state index is 0.0136. The van der Waals surface area contributed by atoms with Crippen LogP contribution >= 0.6 is 0 Å². The van der Waals surface area contributed by atoms with E-state index >= 15 is 0 Å². The number of halogens is 3. The van der Waals surface area contributed by atoms with Crippen molar-refractivity contribution in [2.75, 3.05) is 58.1 Å². The van der Waals surface area contributed by atoms with Crippen LogP contribution in [0.25, 0.3) is 10.4 Å². The van der Waals surface area contributed by atoms with Crippen molar-refractivity contribution in [3.63, 3.8) is 0 Å². The number of rotatable bonds is 13. The number of aromatic nitrogens is 2. The number of alkyl halides is 3. The summed E-state index contributed by atoms with van der Waals surface area (Å²) >= 11 is 0. The molecule has 0 radical (unpaired) electrons. The van der Waals surface area contributed by atoms with Crippen LogP contribution in [0.4, 0.5) is 19.0 Å². The number of ether oxygens (including phenoxy) is 4. The second-order valence-electron chi connectivity index (χ2n) is 6.65. The smallest absolute Gasteiger partial charge is 0.388 e. The molecule has 12 nitrogen and oxygen atoms in total. The predicted molar refractivity (Wildman–Crippen MR) is 103 cm³/mol. The van der Waals surface area contributed by atoms with E-state index in [0.717, 1.165) is 6.20 Å². The standard InChI is InChI=1S/C17H25F3N6O6/c18-17(19,20)13-7-22-8-14(25-13)24-11-9-32-12(16(28)15(11)27)10-31-6-5-30-4-3-29-2-1-23-26-21/h7-8,11-12,15-16,27-28H,1-6,9-10H2,(H,24,25)/t11-,12+,15+,16-/m0/s1. The van der Waals surface area contributed by atoms with E-state index in [0.29, 0.717) is 26.0 Å². The molecule has 2 rings (SSSR count). The Hall–Kier alpha value is -2.26. The van der Waals surface area contributed by atoms with Crippen LogP contribution in [0, 0.1) is 0 Å². The molecule has 15 heteroatoms. The molecule has 180 valence electrons. The van der Waals surface area contributed by atoms with Crippen molar-refractivity contribution >= 4 is 5.82 Å². The summed E-state index contributed by atoms with van der Waals surface area (Å²) in [5.41, 5.74) is 6.93. The fourth-order valence-electron chi connectivity index (χ4n) is 2.71. The van der Waals surface area contributed by atoms with Crippen LogP contribution < -0.4 is 5.32 Å². The van der Waals surface area contributed by atoms with Gasteiger partial charge < -0.3 is 34.5 Å². The molecular weight excluding hydrogens is 441 g/mol. The summed E-state index contributed by atoms with van der Waals surface area (Å²) in [7, 11) is 0. The molecule has 0 saturated carbocycles. The van der Waals surface area contributed by atoms with E-state index in [4.69, 9.17) is 24.5 Å². The van der Waals surface area contributed by atoms with Gasteiger partial charge in [0, 0.05) is 11.5 Å². The molecule has 4 atom stereocenters. The van der Waals surface area contributed by atoms with Crippen molar-refractivity contribution in [2.45, 2.75) is 30.5 Å². The minimum Gasteiger partial charge on any atom is -0.388 e. The van der Waals surface area contributed by atoms with Crippen LogP contribution in [-0.4, -0.2) is 97.3 Å². The fourth-order valence-corrected chi connectivity index (χ4v) is 2.71. The summed E-state index contributed by atoms with van der Waals surface area (Å²) in [5, 5.41) is 26.5. The van der Waals surface area contributed by atoms with Gasteiger partial charge in [0.1, 0.15) is 24.1 Å². The third-order valence-corrected chi connectivity index (χ3v) is 4.32. The van der Waals surface area contributed by atoms with E-state index in [9.17, 15) is 23.4 Å². The lowest BCUT2D eigenvalue weighted by Gasteiger charge is -2.38. The van der Waals surface area contributed by atoms with Crippen molar-refractivity contribution in [2.24, 2.45) is 5.11 Å². The van der Waals surface area contributed by atoms with Crippen molar-refractivity contribution in [3.8, 4) is 0 Å². The number of hydrogen-bond acceptors (Lipinski definition) is 10. The van der Waals surface area contributed by atoms with Gasteiger partial charge in [-0.05, 0) is 5.53 Å². The summed E-state index contributed by atoms with van der Waals surface area (Å²) in [5.74, 6) is -0.201. The Balaban J connectivity index is 1.64. The largest absolute Gasteiger partial charge is 0.434 e. The van der Waals surface area contributed by atoms with Gasteiger partial charge in [-0.1, -0.05) is 5.11 Å². The normalized spacial score (nSPS) is 23.5. The topological polar surface area (TPSA) is 164 Å². The van der Waals surface area contributed by atoms with E-state index in [-0.39, 0.29) is 38.8 Å². The Kier molecular flexibility index (Phi) is 10.8. The highest BCUT2D eigenvalue weighted by atomic mass is 19.4. The first-order valence-corrected chi connectivity index (χ1v) is 9.70. The molecular formula is C17H25F3N6O6. The quantitative estimate of drug-likeness (QED) is 0.165. The Morgan fingerprint density at radius 1 is 1.12 bits per heavy atom. The van der Waals surface area contributed by atoms with Gasteiger partial charge in [-0.2, -0.15) is 13.2 Å². The van der Waals surface area contributed by atoms with E-state index in [1.165, 1.54) is 0 Å². The number of azide groups is 1. The molecule has 0 unspecified atom stereocenters. The zero-order valence-electron chi connectivity index (χ0n) is 17.0. The first kappa shape index (κ1) is 26.0. The highest BCUT2D eigenvalue weighted by molar-refractivity contribution is 5.34. The molecule has 1 aromatic rings. The molecule has 0 aromatic carbocycles. The number of hydrogen-bond donors (Lipinski definition) is 3. The fraction of sp³-hybridized carbons (Fsp3) is 0.765. The molecule has 2 heterocycles. The molecule has 1 aromatic heterocycles. The number of nitrogens with one attached hydrogen (secondary N) is 1. The average molecular weight is 466 g/mol. The second-order valence-corrected chi connectivity index (χ2v) is 6.65. The van der Waals surface area contributed by atoms with Crippen molar-refractivity contribution in [1.82, 2.24) is 9.97 Å². The van der Waals surface area contributed by atoms with Gasteiger partial charge in [0.05, 0.1) is 64.7 Å². The molecule has 1 aliphatic rings. The Morgan fingerprint density at radius 2 is 1.81 bits per heavy atom. The van der Waals surface area contributed by atoms with Crippen molar-refractivity contribution < 1.29 is 42.3 Å². The van der Waals surface area contributed by atoms with Gasteiger partial charge in [-0.15, -0.1) is 0 Å². The third kappa shape index (κ3) is 8.70. The van der Waals surface area contributed by atoms with Gasteiger partial charge in [0.25, 0.3) is 0 Å².